The Morgan fingerprint density at radius 1 is 1.33 bits per heavy atom. The third kappa shape index (κ3) is 2.59. The molecule has 3 nitrogen and oxygen atoms in total. The molecule has 1 aromatic rings. The maximum atomic E-state index is 13.1. The van der Waals surface area contributed by atoms with Crippen molar-refractivity contribution in [3.63, 3.8) is 0 Å². The third-order valence-corrected chi connectivity index (χ3v) is 5.44. The van der Waals surface area contributed by atoms with Crippen molar-refractivity contribution in [1.82, 2.24) is 4.90 Å². The molecule has 1 amide bonds. The highest BCUT2D eigenvalue weighted by molar-refractivity contribution is 5.88. The number of carbonyl (C=O) groups excluding carboxylic acids is 1. The minimum atomic E-state index is -0.329. The summed E-state index contributed by atoms with van der Waals surface area (Å²) in [5, 5.41) is 0. The molecule has 1 atom stereocenters. The van der Waals surface area contributed by atoms with E-state index < -0.39 is 0 Å². The van der Waals surface area contributed by atoms with Crippen LogP contribution in [-0.4, -0.2) is 30.4 Å². The van der Waals surface area contributed by atoms with Crippen molar-refractivity contribution in [2.75, 3.05) is 19.6 Å². The van der Waals surface area contributed by atoms with Gasteiger partial charge in [0.2, 0.25) is 5.91 Å². The Morgan fingerprint density at radius 3 is 2.76 bits per heavy atom. The molecule has 2 N–H and O–H groups in total. The molecule has 1 aliphatic heterocycles. The molecule has 1 saturated heterocycles. The van der Waals surface area contributed by atoms with Crippen LogP contribution in [-0.2, 0) is 16.6 Å². The molecule has 3 rings (SSSR count). The smallest absolute Gasteiger partial charge is 0.232 e. The van der Waals surface area contributed by atoms with Gasteiger partial charge in [0.05, 0.1) is 5.41 Å². The van der Waals surface area contributed by atoms with Crippen molar-refractivity contribution in [3.05, 3.63) is 35.4 Å². The second kappa shape index (κ2) is 5.80. The van der Waals surface area contributed by atoms with Crippen LogP contribution in [0.25, 0.3) is 0 Å². The van der Waals surface area contributed by atoms with Crippen molar-refractivity contribution in [1.29, 1.82) is 0 Å². The zero-order valence-electron chi connectivity index (χ0n) is 13.0. The Morgan fingerprint density at radius 2 is 2.05 bits per heavy atom. The first-order chi connectivity index (χ1) is 10.1. The standard InChI is InChI=1S/C18H26N2O/c1-18(10-4-6-15-5-2-3-7-16(15)18)17(21)20-11-8-14(13-19)9-12-20/h2-3,5,7,14H,4,6,8-13,19H2,1H3. The molecule has 1 fully saturated rings. The van der Waals surface area contributed by atoms with Crippen LogP contribution >= 0.6 is 0 Å². The molecule has 0 bridgehead atoms. The van der Waals surface area contributed by atoms with Gasteiger partial charge in [-0.25, -0.2) is 0 Å². The summed E-state index contributed by atoms with van der Waals surface area (Å²) in [6, 6.07) is 8.48. The van der Waals surface area contributed by atoms with Crippen molar-refractivity contribution in [3.8, 4) is 0 Å². The first-order valence-corrected chi connectivity index (χ1v) is 8.23. The van der Waals surface area contributed by atoms with Crippen LogP contribution in [0, 0.1) is 5.92 Å². The van der Waals surface area contributed by atoms with Gasteiger partial charge in [-0.05, 0) is 62.6 Å². The fourth-order valence-corrected chi connectivity index (χ4v) is 3.99. The van der Waals surface area contributed by atoms with Gasteiger partial charge in [-0.2, -0.15) is 0 Å². The Balaban J connectivity index is 1.82. The number of nitrogens with zero attached hydrogens (tertiary/aromatic N) is 1. The molecule has 1 unspecified atom stereocenters. The van der Waals surface area contributed by atoms with Gasteiger partial charge in [0, 0.05) is 13.1 Å². The van der Waals surface area contributed by atoms with Gasteiger partial charge in [-0.3, -0.25) is 4.79 Å². The van der Waals surface area contributed by atoms with Crippen molar-refractivity contribution in [2.24, 2.45) is 11.7 Å². The lowest BCUT2D eigenvalue weighted by Gasteiger charge is -2.41. The molecule has 2 aliphatic rings. The van der Waals surface area contributed by atoms with Crippen LogP contribution in [0.1, 0.15) is 43.7 Å². The number of benzene rings is 1. The summed E-state index contributed by atoms with van der Waals surface area (Å²) in [7, 11) is 0. The molecule has 0 radical (unpaired) electrons. The zero-order valence-corrected chi connectivity index (χ0v) is 13.0. The highest BCUT2D eigenvalue weighted by Crippen LogP contribution is 2.39. The van der Waals surface area contributed by atoms with Gasteiger partial charge in [-0.1, -0.05) is 24.3 Å². The number of likely N-dealkylation sites (tertiary alicyclic amines) is 1. The number of carbonyl (C=O) groups is 1. The summed E-state index contributed by atoms with van der Waals surface area (Å²) in [6.07, 6.45) is 5.30. The topological polar surface area (TPSA) is 46.3 Å². The lowest BCUT2D eigenvalue weighted by Crippen LogP contribution is -2.50. The molecule has 0 saturated carbocycles. The lowest BCUT2D eigenvalue weighted by atomic mass is 9.70. The number of hydrogen-bond donors (Lipinski definition) is 1. The third-order valence-electron chi connectivity index (χ3n) is 5.44. The lowest BCUT2D eigenvalue weighted by molar-refractivity contribution is -0.138. The average molecular weight is 286 g/mol. The molecule has 1 aliphatic carbocycles. The van der Waals surface area contributed by atoms with E-state index in [0.717, 1.165) is 51.7 Å². The Bertz CT molecular complexity index is 520. The van der Waals surface area contributed by atoms with Crippen LogP contribution in [0.5, 0.6) is 0 Å². The van der Waals surface area contributed by atoms with E-state index in [1.54, 1.807) is 0 Å². The highest BCUT2D eigenvalue weighted by atomic mass is 16.2. The molecule has 0 aromatic heterocycles. The predicted molar refractivity (Wildman–Crippen MR) is 85.1 cm³/mol. The van der Waals surface area contributed by atoms with Crippen molar-refractivity contribution in [2.45, 2.75) is 44.4 Å². The van der Waals surface area contributed by atoms with Crippen LogP contribution in [0.4, 0.5) is 0 Å². The maximum absolute atomic E-state index is 13.1. The fraction of sp³-hybridized carbons (Fsp3) is 0.611. The Hall–Kier alpha value is -1.35. The minimum absolute atomic E-state index is 0.324. The molecule has 0 spiro atoms. The highest BCUT2D eigenvalue weighted by Gasteiger charge is 2.41. The quantitative estimate of drug-likeness (QED) is 0.908. The summed E-state index contributed by atoms with van der Waals surface area (Å²) in [5.74, 6) is 0.922. The zero-order chi connectivity index (χ0) is 14.9. The predicted octanol–water partition coefficient (Wildman–Crippen LogP) is 2.48. The van der Waals surface area contributed by atoms with E-state index in [0.29, 0.717) is 11.8 Å². The van der Waals surface area contributed by atoms with E-state index in [1.807, 2.05) is 0 Å². The summed E-state index contributed by atoms with van der Waals surface area (Å²) in [5.41, 5.74) is 8.03. The molecule has 3 heteroatoms. The summed E-state index contributed by atoms with van der Waals surface area (Å²) in [6.45, 7) is 4.64. The van der Waals surface area contributed by atoms with E-state index in [9.17, 15) is 4.79 Å². The molecule has 1 heterocycles. The number of amides is 1. The normalized spacial score (nSPS) is 26.5. The van der Waals surface area contributed by atoms with Crippen molar-refractivity contribution < 1.29 is 4.79 Å². The van der Waals surface area contributed by atoms with Crippen LogP contribution in [0.2, 0.25) is 0 Å². The van der Waals surface area contributed by atoms with E-state index in [4.69, 9.17) is 5.73 Å². The minimum Gasteiger partial charge on any atom is -0.342 e. The molecular weight excluding hydrogens is 260 g/mol. The monoisotopic (exact) mass is 286 g/mol. The fourth-order valence-electron chi connectivity index (χ4n) is 3.99. The summed E-state index contributed by atoms with van der Waals surface area (Å²) >= 11 is 0. The van der Waals surface area contributed by atoms with Crippen LogP contribution < -0.4 is 5.73 Å². The number of fused-ring (bicyclic) bond motifs is 1. The largest absolute Gasteiger partial charge is 0.342 e. The van der Waals surface area contributed by atoms with Gasteiger partial charge in [-0.15, -0.1) is 0 Å². The van der Waals surface area contributed by atoms with E-state index in [1.165, 1.54) is 11.1 Å². The SMILES string of the molecule is CC1(C(=O)N2CCC(CN)CC2)CCCc2ccccc21. The summed E-state index contributed by atoms with van der Waals surface area (Å²) in [4.78, 5) is 15.2. The first kappa shape index (κ1) is 14.6. The van der Waals surface area contributed by atoms with Crippen LogP contribution in [0.15, 0.2) is 24.3 Å². The molecule has 21 heavy (non-hydrogen) atoms. The second-order valence-corrected chi connectivity index (χ2v) is 6.81. The number of aryl methyl sites for hydroxylation is 1. The van der Waals surface area contributed by atoms with Gasteiger partial charge < -0.3 is 10.6 Å². The number of rotatable bonds is 2. The van der Waals surface area contributed by atoms with Gasteiger partial charge in [0.1, 0.15) is 0 Å². The second-order valence-electron chi connectivity index (χ2n) is 6.81. The van der Waals surface area contributed by atoms with E-state index >= 15 is 0 Å². The first-order valence-electron chi connectivity index (χ1n) is 8.23. The van der Waals surface area contributed by atoms with Gasteiger partial charge in [0.15, 0.2) is 0 Å². The maximum Gasteiger partial charge on any atom is 0.232 e. The van der Waals surface area contributed by atoms with Gasteiger partial charge >= 0.3 is 0 Å². The number of hydrogen-bond acceptors (Lipinski definition) is 2. The average Bonchev–Trinajstić information content (AvgIpc) is 2.55. The van der Waals surface area contributed by atoms with E-state index in [2.05, 4.69) is 36.1 Å². The molecule has 114 valence electrons. The molecule has 1 aromatic carbocycles. The Kier molecular flexibility index (Phi) is 4.03. The summed E-state index contributed by atoms with van der Waals surface area (Å²) < 4.78 is 0. The van der Waals surface area contributed by atoms with Crippen LogP contribution in [0.3, 0.4) is 0 Å². The van der Waals surface area contributed by atoms with Gasteiger partial charge in [0.25, 0.3) is 0 Å². The number of piperidine rings is 1. The van der Waals surface area contributed by atoms with E-state index in [-0.39, 0.29) is 5.41 Å². The molecular formula is C18H26N2O. The number of nitrogens with two attached hydrogens (primary N) is 1. The van der Waals surface area contributed by atoms with Crippen molar-refractivity contribution >= 4 is 5.91 Å². The Labute approximate surface area is 127 Å².